The average Bonchev–Trinajstić information content (AvgIpc) is 3.94. The van der Waals surface area contributed by atoms with Crippen LogP contribution in [0.4, 0.5) is 0 Å². The number of hydrogen-bond acceptors (Lipinski definition) is 1. The highest BCUT2D eigenvalue weighted by Gasteiger charge is 2.22. The maximum absolute atomic E-state index is 4.42. The fourth-order valence-electron chi connectivity index (χ4n) is 9.02. The third-order valence-corrected chi connectivity index (χ3v) is 12.8. The molecule has 0 unspecified atom stereocenters. The predicted molar refractivity (Wildman–Crippen MR) is 252 cm³/mol. The first-order valence-electron chi connectivity index (χ1n) is 19.8. The molecule has 11 aromatic rings. The highest BCUT2D eigenvalue weighted by Crippen LogP contribution is 2.46. The van der Waals surface area contributed by atoms with E-state index in [0.717, 1.165) is 22.5 Å². The van der Waals surface area contributed by atoms with Gasteiger partial charge < -0.3 is 9.13 Å². The van der Waals surface area contributed by atoms with E-state index in [4.69, 9.17) is 0 Å². The van der Waals surface area contributed by atoms with Crippen LogP contribution >= 0.6 is 11.3 Å². The van der Waals surface area contributed by atoms with Gasteiger partial charge in [0.15, 0.2) is 0 Å². The van der Waals surface area contributed by atoms with E-state index in [2.05, 4.69) is 204 Å². The van der Waals surface area contributed by atoms with Crippen LogP contribution in [0.1, 0.15) is 12.5 Å². The van der Waals surface area contributed by atoms with Crippen LogP contribution in [0.3, 0.4) is 0 Å². The summed E-state index contributed by atoms with van der Waals surface area (Å²) in [6.07, 6.45) is 8.21. The van der Waals surface area contributed by atoms with Gasteiger partial charge in [0.2, 0.25) is 0 Å². The lowest BCUT2D eigenvalue weighted by Gasteiger charge is -2.14. The summed E-state index contributed by atoms with van der Waals surface area (Å²) >= 11 is 1.87. The van der Waals surface area contributed by atoms with Crippen molar-refractivity contribution in [3.63, 3.8) is 0 Å². The molecule has 0 saturated carbocycles. The van der Waals surface area contributed by atoms with Gasteiger partial charge in [-0.3, -0.25) is 0 Å². The highest BCUT2D eigenvalue weighted by molar-refractivity contribution is 7.26. The van der Waals surface area contributed by atoms with Gasteiger partial charge in [0, 0.05) is 64.2 Å². The zero-order valence-electron chi connectivity index (χ0n) is 32.1. The lowest BCUT2D eigenvalue weighted by molar-refractivity contribution is 1.18. The van der Waals surface area contributed by atoms with Crippen molar-refractivity contribution >= 4 is 80.7 Å². The van der Waals surface area contributed by atoms with E-state index in [9.17, 15) is 0 Å². The minimum absolute atomic E-state index is 0.986. The number of rotatable bonds is 7. The van der Waals surface area contributed by atoms with Crippen LogP contribution in [0.15, 0.2) is 207 Å². The maximum Gasteiger partial charge on any atom is 0.0619 e. The normalized spacial score (nSPS) is 12.2. The number of nitrogens with zero attached hydrogens (tertiary/aromatic N) is 2. The number of hydrogen-bond donors (Lipinski definition) is 0. The van der Waals surface area contributed by atoms with Gasteiger partial charge in [0.1, 0.15) is 0 Å². The molecule has 2 nitrogen and oxygen atoms in total. The van der Waals surface area contributed by atoms with Gasteiger partial charge in [-0.1, -0.05) is 152 Å². The Balaban J connectivity index is 1.20. The minimum Gasteiger partial charge on any atom is -0.309 e. The van der Waals surface area contributed by atoms with Gasteiger partial charge in [-0.2, -0.15) is 0 Å². The van der Waals surface area contributed by atoms with Crippen molar-refractivity contribution in [1.29, 1.82) is 0 Å². The first-order chi connectivity index (χ1) is 28.7. The fraction of sp³-hybridized carbons (Fsp3) is 0.0182. The Morgan fingerprint density at radius 2 is 1.17 bits per heavy atom. The van der Waals surface area contributed by atoms with Crippen molar-refractivity contribution < 1.29 is 0 Å². The molecule has 274 valence electrons. The maximum atomic E-state index is 4.42. The molecular weight excluding hydrogens is 721 g/mol. The Hall–Kier alpha value is -7.20. The van der Waals surface area contributed by atoms with Crippen LogP contribution in [-0.4, -0.2) is 9.13 Å². The summed E-state index contributed by atoms with van der Waals surface area (Å²) < 4.78 is 7.51. The van der Waals surface area contributed by atoms with Gasteiger partial charge in [-0.05, 0) is 83.8 Å². The minimum atomic E-state index is 0.986. The van der Waals surface area contributed by atoms with Crippen LogP contribution < -0.4 is 0 Å². The number of allylic oxidation sites excluding steroid dienone is 5. The topological polar surface area (TPSA) is 9.86 Å². The van der Waals surface area contributed by atoms with E-state index in [1.807, 2.05) is 30.4 Å². The van der Waals surface area contributed by atoms with Crippen molar-refractivity contribution in [3.05, 3.63) is 212 Å². The quantitative estimate of drug-likeness (QED) is 0.143. The van der Waals surface area contributed by atoms with Crippen LogP contribution in [-0.2, 0) is 0 Å². The van der Waals surface area contributed by atoms with E-state index in [1.165, 1.54) is 86.0 Å². The monoisotopic (exact) mass is 758 g/mol. The molecule has 0 bridgehead atoms. The number of benzene rings is 8. The number of fused-ring (bicyclic) bond motifs is 9. The molecule has 0 aliphatic rings. The van der Waals surface area contributed by atoms with Crippen LogP contribution in [0.2, 0.25) is 0 Å². The molecule has 3 heteroatoms. The summed E-state index contributed by atoms with van der Waals surface area (Å²) in [5.41, 5.74) is 14.0. The van der Waals surface area contributed by atoms with Gasteiger partial charge >= 0.3 is 0 Å². The van der Waals surface area contributed by atoms with E-state index in [0.29, 0.717) is 0 Å². The zero-order valence-corrected chi connectivity index (χ0v) is 32.9. The molecule has 3 heterocycles. The van der Waals surface area contributed by atoms with Gasteiger partial charge in [-0.25, -0.2) is 0 Å². The summed E-state index contributed by atoms with van der Waals surface area (Å²) in [7, 11) is 0. The van der Waals surface area contributed by atoms with E-state index >= 15 is 0 Å². The van der Waals surface area contributed by atoms with Gasteiger partial charge in [-0.15, -0.1) is 11.3 Å². The van der Waals surface area contributed by atoms with E-state index < -0.39 is 0 Å². The molecule has 0 atom stereocenters. The molecule has 0 amide bonds. The summed E-state index contributed by atoms with van der Waals surface area (Å²) in [4.78, 5) is 0. The van der Waals surface area contributed by atoms with Crippen molar-refractivity contribution in [2.24, 2.45) is 0 Å². The molecule has 0 aliphatic carbocycles. The summed E-state index contributed by atoms with van der Waals surface area (Å²) in [5, 5.41) is 7.53. The number of aromatic nitrogens is 2. The second-order valence-electron chi connectivity index (χ2n) is 14.9. The second kappa shape index (κ2) is 13.8. The fourth-order valence-corrected chi connectivity index (χ4v) is 10.2. The van der Waals surface area contributed by atoms with Crippen molar-refractivity contribution in [1.82, 2.24) is 9.13 Å². The lowest BCUT2D eigenvalue weighted by atomic mass is 9.97. The first kappa shape index (κ1) is 34.1. The summed E-state index contributed by atoms with van der Waals surface area (Å²) in [5.74, 6) is 0. The Bertz CT molecular complexity index is 3480. The summed E-state index contributed by atoms with van der Waals surface area (Å²) in [6.45, 7) is 6.45. The Morgan fingerprint density at radius 3 is 2.02 bits per heavy atom. The molecule has 3 aromatic heterocycles. The predicted octanol–water partition coefficient (Wildman–Crippen LogP) is 15.7. The first-order valence-corrected chi connectivity index (χ1v) is 20.6. The highest BCUT2D eigenvalue weighted by atomic mass is 32.1. The lowest BCUT2D eigenvalue weighted by Crippen LogP contribution is -1.96. The van der Waals surface area contributed by atoms with Crippen LogP contribution in [0.5, 0.6) is 0 Å². The summed E-state index contributed by atoms with van der Waals surface area (Å²) in [6, 6.07) is 64.6. The standard InChI is InChI=1S/C55H38N2S/c1-3-4-6-18-36(2)37-19-15-20-38(33-37)47-34-40(35-48-42-24-11-14-32-52(42)58-55(47)48)56-50-30-13-10-25-46(50)53-43(26-17-31-51(53)56)45-28-16-27-44-41-23-9-12-29-49(41)57(54(44)45)39-21-7-5-8-22-39/h3-35H,2H2,1H3/b4-3-,18-6-. The largest absolute Gasteiger partial charge is 0.309 e. The van der Waals surface area contributed by atoms with Crippen molar-refractivity contribution in [2.45, 2.75) is 6.92 Å². The Morgan fingerprint density at radius 1 is 0.500 bits per heavy atom. The van der Waals surface area contributed by atoms with Crippen molar-refractivity contribution in [3.8, 4) is 33.6 Å². The average molecular weight is 759 g/mol. The van der Waals surface area contributed by atoms with E-state index in [1.54, 1.807) is 0 Å². The van der Waals surface area contributed by atoms with E-state index in [-0.39, 0.29) is 0 Å². The van der Waals surface area contributed by atoms with Crippen molar-refractivity contribution in [2.75, 3.05) is 0 Å². The second-order valence-corrected chi connectivity index (χ2v) is 16.0. The number of para-hydroxylation sites is 4. The third-order valence-electron chi connectivity index (χ3n) is 11.6. The molecule has 58 heavy (non-hydrogen) atoms. The molecule has 0 aliphatic heterocycles. The SMILES string of the molecule is C=C(/C=C\C=C/C)c1cccc(-c2cc(-n3c4ccccc4c4c(-c5cccc6c7ccccc7n(-c7ccccc7)c56)cccc43)cc3c2sc2ccccc23)c1. The Labute approximate surface area is 341 Å². The van der Waals surface area contributed by atoms with Crippen LogP contribution in [0.25, 0.3) is 103 Å². The van der Waals surface area contributed by atoms with Gasteiger partial charge in [0.25, 0.3) is 0 Å². The Kier molecular flexibility index (Phi) is 8.09. The molecule has 0 N–H and O–H groups in total. The molecule has 0 radical (unpaired) electrons. The number of thiophene rings is 1. The third kappa shape index (κ3) is 5.32. The zero-order chi connectivity index (χ0) is 38.7. The molecular formula is C55H38N2S. The van der Waals surface area contributed by atoms with Crippen LogP contribution in [0, 0.1) is 0 Å². The molecule has 0 fully saturated rings. The molecule has 8 aromatic carbocycles. The smallest absolute Gasteiger partial charge is 0.0619 e. The van der Waals surface area contributed by atoms with Gasteiger partial charge in [0.05, 0.1) is 22.1 Å². The molecule has 0 spiro atoms. The molecule has 11 rings (SSSR count). The molecule has 0 saturated heterocycles.